The number of ether oxygens (including phenoxy) is 1. The third-order valence-electron chi connectivity index (χ3n) is 6.40. The number of rotatable bonds is 5. The molecular weight excluding hydrogens is 422 g/mol. The molecule has 3 saturated heterocycles. The number of carbonyl (C=O) groups excluding carboxylic acids is 3. The molecule has 4 rings (SSSR count). The lowest BCUT2D eigenvalue weighted by Gasteiger charge is -2.29. The molecule has 1 aromatic rings. The maximum Gasteiger partial charge on any atom is 0.312 e. The fourth-order valence-electron chi connectivity index (χ4n) is 4.97. The van der Waals surface area contributed by atoms with Gasteiger partial charge in [0.1, 0.15) is 0 Å². The van der Waals surface area contributed by atoms with Crippen LogP contribution in [0.5, 0.6) is 0 Å². The smallest absolute Gasteiger partial charge is 0.312 e. The lowest BCUT2D eigenvalue weighted by molar-refractivity contribution is -0.130. The number of amides is 4. The Balaban J connectivity index is 0.000000913. The van der Waals surface area contributed by atoms with Gasteiger partial charge < -0.3 is 35.7 Å². The van der Waals surface area contributed by atoms with Gasteiger partial charge in [-0.15, -0.1) is 0 Å². The van der Waals surface area contributed by atoms with Crippen molar-refractivity contribution in [1.29, 1.82) is 0 Å². The number of fused-ring (bicyclic) bond motifs is 1. The van der Waals surface area contributed by atoms with Gasteiger partial charge in [-0.05, 0) is 18.9 Å². The van der Waals surface area contributed by atoms with Crippen molar-refractivity contribution in [2.24, 2.45) is 24.6 Å². The number of aromatic nitrogens is 1. The second-order valence-corrected chi connectivity index (χ2v) is 8.20. The molecule has 3 aliphatic rings. The molecule has 174 valence electrons. The predicted octanol–water partition coefficient (Wildman–Crippen LogP) is -1.51. The van der Waals surface area contributed by atoms with E-state index >= 15 is 0 Å². The minimum Gasteiger partial charge on any atom is -0.483 e. The van der Waals surface area contributed by atoms with Gasteiger partial charge in [-0.2, -0.15) is 0 Å². The summed E-state index contributed by atoms with van der Waals surface area (Å²) in [7, 11) is 1.60. The van der Waals surface area contributed by atoms with Crippen LogP contribution in [0.1, 0.15) is 23.2 Å². The van der Waals surface area contributed by atoms with Crippen LogP contribution in [-0.2, 0) is 21.4 Å². The van der Waals surface area contributed by atoms with E-state index in [2.05, 4.69) is 10.6 Å². The number of nitrogens with two attached hydrogens (primary N) is 1. The number of urea groups is 1. The van der Waals surface area contributed by atoms with Crippen molar-refractivity contribution in [1.82, 2.24) is 20.1 Å². The first-order valence-electron chi connectivity index (χ1n) is 10.2. The van der Waals surface area contributed by atoms with Gasteiger partial charge in [-0.3, -0.25) is 19.2 Å². The number of pyridine rings is 1. The van der Waals surface area contributed by atoms with Crippen molar-refractivity contribution < 1.29 is 29.0 Å². The van der Waals surface area contributed by atoms with Crippen LogP contribution >= 0.6 is 0 Å². The molecule has 5 N–H and O–H groups in total. The van der Waals surface area contributed by atoms with Gasteiger partial charge in [0.05, 0.1) is 30.4 Å². The highest BCUT2D eigenvalue weighted by Crippen LogP contribution is 2.54. The number of nitrogens with zero attached hydrogens (tertiary/aromatic N) is 2. The number of hydrogen-bond donors (Lipinski definition) is 4. The zero-order valence-corrected chi connectivity index (χ0v) is 17.7. The lowest BCUT2D eigenvalue weighted by atomic mass is 9.73. The average molecular weight is 449 g/mol. The van der Waals surface area contributed by atoms with Gasteiger partial charge in [0, 0.05) is 44.2 Å². The van der Waals surface area contributed by atoms with Gasteiger partial charge in [-0.1, -0.05) is 0 Å². The summed E-state index contributed by atoms with van der Waals surface area (Å²) in [5.74, 6) is -0.178. The zero-order valence-electron chi connectivity index (χ0n) is 17.7. The van der Waals surface area contributed by atoms with Crippen LogP contribution in [0, 0.1) is 11.8 Å². The Morgan fingerprint density at radius 1 is 1.34 bits per heavy atom. The Morgan fingerprint density at radius 2 is 2.06 bits per heavy atom. The summed E-state index contributed by atoms with van der Waals surface area (Å²) in [5.41, 5.74) is 4.93. The van der Waals surface area contributed by atoms with Crippen molar-refractivity contribution in [3.05, 3.63) is 34.2 Å². The number of carbonyl (C=O) groups is 4. The van der Waals surface area contributed by atoms with E-state index in [0.29, 0.717) is 25.2 Å². The van der Waals surface area contributed by atoms with Crippen LogP contribution in [0.2, 0.25) is 0 Å². The summed E-state index contributed by atoms with van der Waals surface area (Å²) in [6.45, 7) is 1.10. The minimum atomic E-state index is -0.730. The summed E-state index contributed by atoms with van der Waals surface area (Å²) in [6.07, 6.45) is 3.37. The number of primary amides is 1. The monoisotopic (exact) mass is 449 g/mol. The maximum absolute atomic E-state index is 12.5. The summed E-state index contributed by atoms with van der Waals surface area (Å²) in [5, 5.41) is 12.2. The van der Waals surface area contributed by atoms with E-state index in [4.69, 9.17) is 20.4 Å². The first-order chi connectivity index (χ1) is 15.2. The molecule has 1 spiro atoms. The topological polar surface area (TPSA) is 173 Å². The third-order valence-corrected chi connectivity index (χ3v) is 6.40. The molecule has 12 heteroatoms. The molecule has 2 bridgehead atoms. The molecule has 0 aromatic carbocycles. The highest BCUT2D eigenvalue weighted by atomic mass is 16.5. The lowest BCUT2D eigenvalue weighted by Crippen LogP contribution is -2.42. The quantitative estimate of drug-likeness (QED) is 0.395. The Labute approximate surface area is 183 Å². The molecule has 4 heterocycles. The van der Waals surface area contributed by atoms with Crippen molar-refractivity contribution in [3.8, 4) is 0 Å². The molecule has 4 amide bonds. The van der Waals surface area contributed by atoms with Gasteiger partial charge >= 0.3 is 6.03 Å². The van der Waals surface area contributed by atoms with Crippen molar-refractivity contribution in [2.75, 3.05) is 26.2 Å². The third kappa shape index (κ3) is 4.59. The van der Waals surface area contributed by atoms with E-state index in [1.165, 1.54) is 22.9 Å². The minimum absolute atomic E-state index is 0.0708. The highest BCUT2D eigenvalue weighted by Gasteiger charge is 2.63. The Hall–Kier alpha value is -3.41. The standard InChI is InChI=1S/C19H25N5O5.CH2O2/c1-23-8-11(2-3-15(23)25)17(27)21-6-12-13-9-24(16(26)7-22-18(20)28)10-19(13)5-4-14(12)29-19;2-1-3/h2-3,8,12-14H,4-7,9-10H2,1H3,(H,21,27)(H3,20,22,28);1H,(H,2,3)/t12-,13+,14+,19+;/m0./s1. The van der Waals surface area contributed by atoms with E-state index < -0.39 is 6.03 Å². The number of carboxylic acid groups (broad SMARTS) is 1. The molecule has 1 aromatic heterocycles. The molecule has 0 aliphatic carbocycles. The SMILES string of the molecule is Cn1cc(C(=O)NC[C@H]2[C@H]3CN(C(=O)CNC(N)=O)C[C@]34CC[C@H]2O4)ccc1=O.O=CO. The second kappa shape index (κ2) is 9.39. The van der Waals surface area contributed by atoms with Gasteiger partial charge in [0.25, 0.3) is 12.4 Å². The number of aryl methyl sites for hydroxylation is 1. The van der Waals surface area contributed by atoms with Crippen LogP contribution in [-0.4, -0.2) is 76.8 Å². The molecule has 4 atom stereocenters. The van der Waals surface area contributed by atoms with Crippen LogP contribution in [0.4, 0.5) is 4.79 Å². The number of hydrogen-bond acceptors (Lipinski definition) is 6. The molecule has 3 aliphatic heterocycles. The summed E-state index contributed by atoms with van der Waals surface area (Å²) in [6, 6.07) is 2.15. The van der Waals surface area contributed by atoms with Crippen molar-refractivity contribution >= 4 is 24.3 Å². The summed E-state index contributed by atoms with van der Waals surface area (Å²) < 4.78 is 7.64. The average Bonchev–Trinajstić information content (AvgIpc) is 3.41. The molecule has 12 nitrogen and oxygen atoms in total. The first-order valence-corrected chi connectivity index (χ1v) is 10.2. The number of nitrogens with one attached hydrogen (secondary N) is 2. The maximum atomic E-state index is 12.5. The highest BCUT2D eigenvalue weighted by molar-refractivity contribution is 5.93. The van der Waals surface area contributed by atoms with Gasteiger partial charge in [-0.25, -0.2) is 4.79 Å². The van der Waals surface area contributed by atoms with E-state index in [0.717, 1.165) is 12.8 Å². The van der Waals surface area contributed by atoms with E-state index in [1.807, 2.05) is 0 Å². The molecule has 0 radical (unpaired) electrons. The second-order valence-electron chi connectivity index (χ2n) is 8.20. The van der Waals surface area contributed by atoms with E-state index in [1.54, 1.807) is 11.9 Å². The molecule has 0 unspecified atom stereocenters. The van der Waals surface area contributed by atoms with Crippen LogP contribution < -0.4 is 21.9 Å². The Bertz CT molecular complexity index is 964. The first kappa shape index (κ1) is 23.3. The van der Waals surface area contributed by atoms with Crippen LogP contribution in [0.3, 0.4) is 0 Å². The Morgan fingerprint density at radius 3 is 2.72 bits per heavy atom. The van der Waals surface area contributed by atoms with Gasteiger partial charge in [0.2, 0.25) is 11.5 Å². The van der Waals surface area contributed by atoms with Crippen molar-refractivity contribution in [2.45, 2.75) is 24.5 Å². The molecule has 0 saturated carbocycles. The molecule has 32 heavy (non-hydrogen) atoms. The molecular formula is C20H27N5O7. The normalized spacial score (nSPS) is 27.2. The fraction of sp³-hybridized carbons (Fsp3) is 0.550. The van der Waals surface area contributed by atoms with Crippen LogP contribution in [0.25, 0.3) is 0 Å². The van der Waals surface area contributed by atoms with Crippen molar-refractivity contribution in [3.63, 3.8) is 0 Å². The van der Waals surface area contributed by atoms with E-state index in [-0.39, 0.29) is 53.9 Å². The van der Waals surface area contributed by atoms with Gasteiger partial charge in [0.15, 0.2) is 0 Å². The number of likely N-dealkylation sites (tertiary alicyclic amines) is 1. The predicted molar refractivity (Wildman–Crippen MR) is 111 cm³/mol. The zero-order chi connectivity index (χ0) is 23.5. The summed E-state index contributed by atoms with van der Waals surface area (Å²) >= 11 is 0. The molecule has 3 fully saturated rings. The Kier molecular flexibility index (Phi) is 6.82. The summed E-state index contributed by atoms with van der Waals surface area (Å²) in [4.78, 5) is 57.3. The fourth-order valence-corrected chi connectivity index (χ4v) is 4.97. The van der Waals surface area contributed by atoms with Crippen LogP contribution in [0.15, 0.2) is 23.1 Å². The largest absolute Gasteiger partial charge is 0.483 e. The van der Waals surface area contributed by atoms with E-state index in [9.17, 15) is 19.2 Å².